The van der Waals surface area contributed by atoms with Crippen LogP contribution < -0.4 is 4.72 Å². The van der Waals surface area contributed by atoms with Crippen LogP contribution in [0.1, 0.15) is 26.2 Å². The third kappa shape index (κ3) is 4.72. The third-order valence-corrected chi connectivity index (χ3v) is 4.70. The first-order valence-corrected chi connectivity index (χ1v) is 7.80. The van der Waals surface area contributed by atoms with Gasteiger partial charge in [-0.1, -0.05) is 6.92 Å². The highest BCUT2D eigenvalue weighted by atomic mass is 32.2. The van der Waals surface area contributed by atoms with Crippen LogP contribution >= 0.6 is 0 Å². The Morgan fingerprint density at radius 1 is 1.53 bits per heavy atom. The van der Waals surface area contributed by atoms with Gasteiger partial charge in [0.1, 0.15) is 6.04 Å². The van der Waals surface area contributed by atoms with E-state index in [0.29, 0.717) is 19.4 Å². The van der Waals surface area contributed by atoms with E-state index in [9.17, 15) is 13.2 Å². The molecule has 1 aliphatic heterocycles. The van der Waals surface area contributed by atoms with Crippen LogP contribution in [-0.2, 0) is 19.7 Å². The van der Waals surface area contributed by atoms with Crippen LogP contribution in [0.4, 0.5) is 0 Å². The molecule has 19 heavy (non-hydrogen) atoms. The second-order valence-corrected chi connectivity index (χ2v) is 6.58. The van der Waals surface area contributed by atoms with Gasteiger partial charge >= 0.3 is 5.97 Å². The zero-order valence-electron chi connectivity index (χ0n) is 11.3. The van der Waals surface area contributed by atoms with E-state index in [0.717, 1.165) is 10.7 Å². The number of carboxylic acid groups (broad SMARTS) is 1. The van der Waals surface area contributed by atoms with E-state index in [1.807, 2.05) is 6.92 Å². The predicted molar refractivity (Wildman–Crippen MR) is 69.9 cm³/mol. The molecule has 7 nitrogen and oxygen atoms in total. The number of ether oxygens (including phenoxy) is 1. The van der Waals surface area contributed by atoms with Gasteiger partial charge in [0, 0.05) is 26.8 Å². The zero-order chi connectivity index (χ0) is 14.5. The Hall–Kier alpha value is -0.700. The lowest BCUT2D eigenvalue weighted by molar-refractivity contribution is -0.142. The van der Waals surface area contributed by atoms with Crippen molar-refractivity contribution in [2.24, 2.45) is 5.92 Å². The molecule has 1 aliphatic rings. The Morgan fingerprint density at radius 2 is 2.21 bits per heavy atom. The van der Waals surface area contributed by atoms with Gasteiger partial charge in [-0.05, 0) is 25.2 Å². The van der Waals surface area contributed by atoms with Crippen molar-refractivity contribution in [3.05, 3.63) is 0 Å². The van der Waals surface area contributed by atoms with Gasteiger partial charge in [-0.3, -0.25) is 4.79 Å². The molecule has 2 N–H and O–H groups in total. The van der Waals surface area contributed by atoms with Crippen molar-refractivity contribution in [1.29, 1.82) is 0 Å². The molecule has 1 fully saturated rings. The molecule has 8 heteroatoms. The number of hydrogen-bond acceptors (Lipinski definition) is 4. The van der Waals surface area contributed by atoms with Gasteiger partial charge in [0.2, 0.25) is 0 Å². The van der Waals surface area contributed by atoms with E-state index in [4.69, 9.17) is 9.84 Å². The molecule has 2 unspecified atom stereocenters. The Morgan fingerprint density at radius 3 is 2.79 bits per heavy atom. The summed E-state index contributed by atoms with van der Waals surface area (Å²) in [6, 6.07) is -0.955. The van der Waals surface area contributed by atoms with Gasteiger partial charge in [-0.15, -0.1) is 0 Å². The Labute approximate surface area is 114 Å². The second-order valence-electron chi connectivity index (χ2n) is 4.87. The number of aliphatic carboxylic acids is 1. The lowest BCUT2D eigenvalue weighted by atomic mass is 10.1. The molecule has 1 rings (SSSR count). The Bertz CT molecular complexity index is 398. The summed E-state index contributed by atoms with van der Waals surface area (Å²) in [7, 11) is -2.19. The summed E-state index contributed by atoms with van der Waals surface area (Å²) < 4.78 is 32.7. The fourth-order valence-electron chi connectivity index (χ4n) is 2.11. The number of carboxylic acids is 1. The monoisotopic (exact) mass is 294 g/mol. The van der Waals surface area contributed by atoms with Crippen LogP contribution in [-0.4, -0.2) is 56.6 Å². The van der Waals surface area contributed by atoms with E-state index in [-0.39, 0.29) is 19.0 Å². The minimum absolute atomic E-state index is 0.0350. The van der Waals surface area contributed by atoms with Gasteiger partial charge < -0.3 is 9.84 Å². The van der Waals surface area contributed by atoms with Gasteiger partial charge in [0.15, 0.2) is 0 Å². The molecule has 0 aliphatic carbocycles. The SMILES string of the molecule is COCC(C)CNS(=O)(=O)N1CCCCC1C(=O)O. The molecule has 0 bridgehead atoms. The maximum absolute atomic E-state index is 12.1. The number of piperidine rings is 1. The van der Waals surface area contributed by atoms with Crippen LogP contribution in [0.5, 0.6) is 0 Å². The molecule has 1 saturated heterocycles. The number of hydrogen-bond donors (Lipinski definition) is 2. The lowest BCUT2D eigenvalue weighted by Crippen LogP contribution is -2.52. The minimum atomic E-state index is -3.74. The molecule has 0 aromatic heterocycles. The molecule has 0 radical (unpaired) electrons. The molecule has 1 heterocycles. The molecule has 0 aromatic rings. The van der Waals surface area contributed by atoms with Crippen molar-refractivity contribution in [3.63, 3.8) is 0 Å². The fourth-order valence-corrected chi connectivity index (χ4v) is 3.67. The van der Waals surface area contributed by atoms with E-state index >= 15 is 0 Å². The van der Waals surface area contributed by atoms with Crippen LogP contribution in [0.3, 0.4) is 0 Å². The first kappa shape index (κ1) is 16.4. The summed E-state index contributed by atoms with van der Waals surface area (Å²) in [6.07, 6.45) is 1.80. The highest BCUT2D eigenvalue weighted by Gasteiger charge is 2.36. The predicted octanol–water partition coefficient (Wildman–Crippen LogP) is 0.0424. The second kappa shape index (κ2) is 7.18. The number of nitrogens with one attached hydrogen (secondary N) is 1. The van der Waals surface area contributed by atoms with Crippen molar-refractivity contribution < 1.29 is 23.1 Å². The quantitative estimate of drug-likeness (QED) is 0.691. The highest BCUT2D eigenvalue weighted by molar-refractivity contribution is 7.87. The van der Waals surface area contributed by atoms with Crippen molar-refractivity contribution in [2.75, 3.05) is 26.8 Å². The van der Waals surface area contributed by atoms with Crippen molar-refractivity contribution in [2.45, 2.75) is 32.2 Å². The summed E-state index contributed by atoms with van der Waals surface area (Å²) in [5.41, 5.74) is 0. The van der Waals surface area contributed by atoms with E-state index in [2.05, 4.69) is 4.72 Å². The Balaban J connectivity index is 2.66. The van der Waals surface area contributed by atoms with Gasteiger partial charge in [0.05, 0.1) is 0 Å². The first-order valence-electron chi connectivity index (χ1n) is 6.36. The fraction of sp³-hybridized carbons (Fsp3) is 0.909. The average Bonchev–Trinajstić information content (AvgIpc) is 2.37. The molecule has 112 valence electrons. The molecular weight excluding hydrogens is 272 g/mol. The van der Waals surface area contributed by atoms with Crippen molar-refractivity contribution in [1.82, 2.24) is 9.03 Å². The molecule has 0 spiro atoms. The van der Waals surface area contributed by atoms with E-state index in [1.54, 1.807) is 7.11 Å². The third-order valence-electron chi connectivity index (χ3n) is 3.11. The van der Waals surface area contributed by atoms with Gasteiger partial charge in [0.25, 0.3) is 10.2 Å². The standard InChI is InChI=1S/C11H22N2O5S/c1-9(8-18-2)7-12-19(16,17)13-6-4-3-5-10(13)11(14)15/h9-10,12H,3-8H2,1-2H3,(H,14,15). The summed E-state index contributed by atoms with van der Waals surface area (Å²) >= 11 is 0. The van der Waals surface area contributed by atoms with Crippen molar-refractivity contribution >= 4 is 16.2 Å². The van der Waals surface area contributed by atoms with Crippen molar-refractivity contribution in [3.8, 4) is 0 Å². The minimum Gasteiger partial charge on any atom is -0.480 e. The highest BCUT2D eigenvalue weighted by Crippen LogP contribution is 2.20. The molecule has 0 saturated carbocycles. The van der Waals surface area contributed by atoms with Crippen LogP contribution in [0.2, 0.25) is 0 Å². The lowest BCUT2D eigenvalue weighted by Gasteiger charge is -2.32. The number of methoxy groups -OCH3 is 1. The maximum atomic E-state index is 12.1. The molecule has 2 atom stereocenters. The summed E-state index contributed by atoms with van der Waals surface area (Å²) in [4.78, 5) is 11.1. The van der Waals surface area contributed by atoms with Gasteiger partial charge in [-0.2, -0.15) is 12.7 Å². The van der Waals surface area contributed by atoms with Crippen LogP contribution in [0.25, 0.3) is 0 Å². The Kier molecular flexibility index (Phi) is 6.18. The topological polar surface area (TPSA) is 95.9 Å². The maximum Gasteiger partial charge on any atom is 0.322 e. The normalized spacial score (nSPS) is 23.2. The largest absolute Gasteiger partial charge is 0.480 e. The van der Waals surface area contributed by atoms with Gasteiger partial charge in [-0.25, -0.2) is 4.72 Å². The van der Waals surface area contributed by atoms with Crippen LogP contribution in [0.15, 0.2) is 0 Å². The summed E-state index contributed by atoms with van der Waals surface area (Å²) in [5.74, 6) is -1.05. The molecular formula is C11H22N2O5S. The molecule has 0 amide bonds. The summed E-state index contributed by atoms with van der Waals surface area (Å²) in [6.45, 7) is 2.80. The zero-order valence-corrected chi connectivity index (χ0v) is 12.1. The van der Waals surface area contributed by atoms with Crippen LogP contribution in [0, 0.1) is 5.92 Å². The smallest absolute Gasteiger partial charge is 0.322 e. The van der Waals surface area contributed by atoms with E-state index < -0.39 is 22.2 Å². The molecule has 0 aromatic carbocycles. The van der Waals surface area contributed by atoms with E-state index in [1.165, 1.54) is 0 Å². The first-order chi connectivity index (χ1) is 8.88. The number of carbonyl (C=O) groups is 1. The summed E-state index contributed by atoms with van der Waals surface area (Å²) in [5, 5.41) is 9.08. The number of nitrogens with zero attached hydrogens (tertiary/aromatic N) is 1. The average molecular weight is 294 g/mol. The number of rotatable bonds is 7.